The smallest absolute Gasteiger partial charge is 0.323 e. The zero-order valence-electron chi connectivity index (χ0n) is 7.57. The van der Waals surface area contributed by atoms with Crippen LogP contribution in [-0.2, 0) is 4.79 Å². The fourth-order valence-corrected chi connectivity index (χ4v) is 0.697. The third kappa shape index (κ3) is 3.23. The number of rotatable bonds is 3. The van der Waals surface area contributed by atoms with E-state index in [2.05, 4.69) is 0 Å². The number of carbonyl (C=O) groups excluding carboxylic acids is 1. The van der Waals surface area contributed by atoms with Gasteiger partial charge in [-0.25, -0.2) is 4.79 Å². The number of aliphatic carboxylic acids is 1. The van der Waals surface area contributed by atoms with Crippen LogP contribution in [0, 0.1) is 0 Å². The summed E-state index contributed by atoms with van der Waals surface area (Å²) in [5.41, 5.74) is 0. The second-order valence-electron chi connectivity index (χ2n) is 2.55. The van der Waals surface area contributed by atoms with Crippen molar-refractivity contribution < 1.29 is 14.7 Å². The van der Waals surface area contributed by atoms with Crippen molar-refractivity contribution in [3.05, 3.63) is 0 Å². The van der Waals surface area contributed by atoms with Crippen molar-refractivity contribution in [3.8, 4) is 0 Å². The summed E-state index contributed by atoms with van der Waals surface area (Å²) >= 11 is 0. The molecule has 0 saturated carbocycles. The van der Waals surface area contributed by atoms with Crippen molar-refractivity contribution >= 4 is 12.0 Å². The Morgan fingerprint density at radius 2 is 1.75 bits per heavy atom. The maximum absolute atomic E-state index is 11.2. The number of amides is 2. The van der Waals surface area contributed by atoms with Crippen LogP contribution in [0.15, 0.2) is 0 Å². The summed E-state index contributed by atoms with van der Waals surface area (Å²) in [4.78, 5) is 24.0. The molecule has 0 aliphatic heterocycles. The maximum atomic E-state index is 11.2. The minimum Gasteiger partial charge on any atom is -0.480 e. The highest BCUT2D eigenvalue weighted by Crippen LogP contribution is 1.92. The molecule has 0 heterocycles. The van der Waals surface area contributed by atoms with Gasteiger partial charge in [-0.2, -0.15) is 0 Å². The standard InChI is InChI=1S/C7H14N2O3/c1-4-8(2)7(12)9(3)5-6(10)11/h4-5H2,1-3H3,(H,10,11). The predicted molar refractivity (Wildman–Crippen MR) is 44.0 cm³/mol. The number of carbonyl (C=O) groups is 2. The summed E-state index contributed by atoms with van der Waals surface area (Å²) < 4.78 is 0. The Kier molecular flexibility index (Phi) is 4.10. The lowest BCUT2D eigenvalue weighted by atomic mass is 10.5. The van der Waals surface area contributed by atoms with Gasteiger partial charge in [0.2, 0.25) is 0 Å². The van der Waals surface area contributed by atoms with Crippen LogP contribution in [0.4, 0.5) is 4.79 Å². The van der Waals surface area contributed by atoms with Crippen LogP contribution in [0.3, 0.4) is 0 Å². The lowest BCUT2D eigenvalue weighted by molar-refractivity contribution is -0.137. The largest absolute Gasteiger partial charge is 0.480 e. The zero-order valence-corrected chi connectivity index (χ0v) is 7.57. The molecule has 0 spiro atoms. The Labute approximate surface area is 71.6 Å². The highest BCUT2D eigenvalue weighted by molar-refractivity contribution is 5.79. The number of nitrogens with zero attached hydrogens (tertiary/aromatic N) is 2. The van der Waals surface area contributed by atoms with Crippen LogP contribution in [-0.4, -0.2) is 54.1 Å². The van der Waals surface area contributed by atoms with Crippen LogP contribution < -0.4 is 0 Å². The molecule has 0 fully saturated rings. The van der Waals surface area contributed by atoms with Crippen LogP contribution in [0.2, 0.25) is 0 Å². The van der Waals surface area contributed by atoms with E-state index in [4.69, 9.17) is 5.11 Å². The van der Waals surface area contributed by atoms with Gasteiger partial charge in [0, 0.05) is 20.6 Å². The minimum absolute atomic E-state index is 0.261. The molecule has 0 aromatic rings. The van der Waals surface area contributed by atoms with Gasteiger partial charge in [-0.05, 0) is 6.92 Å². The molecule has 0 radical (unpaired) electrons. The molecule has 0 atom stereocenters. The third-order valence-corrected chi connectivity index (χ3v) is 1.50. The lowest BCUT2D eigenvalue weighted by Gasteiger charge is -2.21. The summed E-state index contributed by atoms with van der Waals surface area (Å²) in [7, 11) is 3.09. The number of carboxylic acids is 1. The minimum atomic E-state index is -1.00. The highest BCUT2D eigenvalue weighted by atomic mass is 16.4. The summed E-state index contributed by atoms with van der Waals surface area (Å²) in [6, 6.07) is -0.278. The van der Waals surface area contributed by atoms with Gasteiger partial charge >= 0.3 is 12.0 Å². The van der Waals surface area contributed by atoms with Crippen molar-refractivity contribution in [3.63, 3.8) is 0 Å². The van der Waals surface area contributed by atoms with Gasteiger partial charge < -0.3 is 14.9 Å². The Bertz CT molecular complexity index is 181. The molecule has 0 aromatic heterocycles. The summed E-state index contributed by atoms with van der Waals surface area (Å²) in [5.74, 6) is -1.00. The van der Waals surface area contributed by atoms with E-state index in [0.717, 1.165) is 4.90 Å². The summed E-state index contributed by atoms with van der Waals surface area (Å²) in [5, 5.41) is 8.37. The first-order valence-corrected chi connectivity index (χ1v) is 3.67. The van der Waals surface area contributed by atoms with Crippen LogP contribution in [0.1, 0.15) is 6.92 Å². The molecule has 12 heavy (non-hydrogen) atoms. The van der Waals surface area contributed by atoms with Crippen LogP contribution in [0.25, 0.3) is 0 Å². The number of likely N-dealkylation sites (N-methyl/N-ethyl adjacent to an activating group) is 1. The molecule has 0 unspecified atom stereocenters. The van der Waals surface area contributed by atoms with Gasteiger partial charge in [0.25, 0.3) is 0 Å². The van der Waals surface area contributed by atoms with Gasteiger partial charge in [0.15, 0.2) is 0 Å². The van der Waals surface area contributed by atoms with Crippen molar-refractivity contribution in [2.45, 2.75) is 6.92 Å². The topological polar surface area (TPSA) is 60.9 Å². The quantitative estimate of drug-likeness (QED) is 0.658. The van der Waals surface area contributed by atoms with Crippen LogP contribution in [0.5, 0.6) is 0 Å². The molecule has 0 aromatic carbocycles. The number of hydrogen-bond donors (Lipinski definition) is 1. The van der Waals surface area contributed by atoms with Crippen molar-refractivity contribution in [1.82, 2.24) is 9.80 Å². The molecule has 0 aliphatic rings. The van der Waals surface area contributed by atoms with E-state index in [-0.39, 0.29) is 12.6 Å². The van der Waals surface area contributed by atoms with Crippen molar-refractivity contribution in [1.29, 1.82) is 0 Å². The van der Waals surface area contributed by atoms with Gasteiger partial charge in [-0.1, -0.05) is 0 Å². The monoisotopic (exact) mass is 174 g/mol. The van der Waals surface area contributed by atoms with E-state index in [1.165, 1.54) is 11.9 Å². The van der Waals surface area contributed by atoms with Gasteiger partial charge in [0.1, 0.15) is 6.54 Å². The first-order valence-electron chi connectivity index (χ1n) is 3.67. The molecule has 70 valence electrons. The Hall–Kier alpha value is -1.26. The maximum Gasteiger partial charge on any atom is 0.323 e. The Morgan fingerprint density at radius 1 is 1.25 bits per heavy atom. The number of urea groups is 1. The zero-order chi connectivity index (χ0) is 9.72. The van der Waals surface area contributed by atoms with E-state index in [1.807, 2.05) is 6.92 Å². The average molecular weight is 174 g/mol. The average Bonchev–Trinajstić information content (AvgIpc) is 2.00. The molecular weight excluding hydrogens is 160 g/mol. The lowest BCUT2D eigenvalue weighted by Crippen LogP contribution is -2.41. The molecule has 0 aliphatic carbocycles. The molecular formula is C7H14N2O3. The van der Waals surface area contributed by atoms with E-state index in [0.29, 0.717) is 6.54 Å². The second kappa shape index (κ2) is 4.58. The van der Waals surface area contributed by atoms with Crippen molar-refractivity contribution in [2.75, 3.05) is 27.2 Å². The van der Waals surface area contributed by atoms with E-state index < -0.39 is 5.97 Å². The number of carboxylic acid groups (broad SMARTS) is 1. The Balaban J connectivity index is 4.01. The molecule has 5 heteroatoms. The van der Waals surface area contributed by atoms with Gasteiger partial charge in [-0.15, -0.1) is 0 Å². The normalized spacial score (nSPS) is 9.25. The molecule has 0 rings (SSSR count). The third-order valence-electron chi connectivity index (χ3n) is 1.50. The summed E-state index contributed by atoms with van der Waals surface area (Å²) in [6.07, 6.45) is 0. The fraction of sp³-hybridized carbons (Fsp3) is 0.714. The Morgan fingerprint density at radius 3 is 2.08 bits per heavy atom. The number of hydrogen-bond acceptors (Lipinski definition) is 2. The van der Waals surface area contributed by atoms with Gasteiger partial charge in [0.05, 0.1) is 0 Å². The van der Waals surface area contributed by atoms with E-state index in [1.54, 1.807) is 7.05 Å². The highest BCUT2D eigenvalue weighted by Gasteiger charge is 2.14. The van der Waals surface area contributed by atoms with Crippen molar-refractivity contribution in [2.24, 2.45) is 0 Å². The first kappa shape index (κ1) is 10.7. The van der Waals surface area contributed by atoms with E-state index >= 15 is 0 Å². The SMILES string of the molecule is CCN(C)C(=O)N(C)CC(=O)O. The van der Waals surface area contributed by atoms with Gasteiger partial charge in [-0.3, -0.25) is 4.79 Å². The molecule has 0 saturated heterocycles. The fourth-order valence-electron chi connectivity index (χ4n) is 0.697. The molecule has 0 bridgehead atoms. The predicted octanol–water partition coefficient (Wildman–Crippen LogP) is 0.0745. The first-order chi connectivity index (χ1) is 5.49. The molecule has 5 nitrogen and oxygen atoms in total. The summed E-state index contributed by atoms with van der Waals surface area (Å²) in [6.45, 7) is 2.14. The molecule has 2 amide bonds. The van der Waals surface area contributed by atoms with Crippen LogP contribution >= 0.6 is 0 Å². The molecule has 1 N–H and O–H groups in total. The van der Waals surface area contributed by atoms with E-state index in [9.17, 15) is 9.59 Å². The second-order valence-corrected chi connectivity index (χ2v) is 2.55.